The minimum absolute atomic E-state index is 0.0138. The molecule has 0 bridgehead atoms. The second kappa shape index (κ2) is 8.78. The van der Waals surface area contributed by atoms with Crippen molar-refractivity contribution in [2.45, 2.75) is 4.90 Å². The average Bonchev–Trinajstić information content (AvgIpc) is 3.16. The molecule has 0 atom stereocenters. The Labute approximate surface area is 181 Å². The molecule has 0 radical (unpaired) electrons. The Kier molecular flexibility index (Phi) is 5.92. The number of ether oxygens (including phenoxy) is 1. The van der Waals surface area contributed by atoms with E-state index in [1.54, 1.807) is 35.2 Å². The molecule has 1 fully saturated rings. The van der Waals surface area contributed by atoms with E-state index in [9.17, 15) is 19.7 Å². The van der Waals surface area contributed by atoms with Crippen LogP contribution in [0.5, 0.6) is 0 Å². The lowest BCUT2D eigenvalue weighted by Crippen LogP contribution is -2.40. The standard InChI is InChI=1S/C21H19N3O6S/c1-31-13-6-7-16(24(27)28)15(12-13)20(25)22-18-14-4-2-3-5-17(14)30-19(18)21(26)23-8-10-29-11-9-23/h2-7,12H,8-11H2,1H3,(H,22,25). The van der Waals surface area contributed by atoms with Gasteiger partial charge in [0, 0.05) is 29.4 Å². The molecule has 160 valence electrons. The van der Waals surface area contributed by atoms with Crippen LogP contribution in [0.2, 0.25) is 0 Å². The van der Waals surface area contributed by atoms with Crippen molar-refractivity contribution < 1.29 is 23.7 Å². The summed E-state index contributed by atoms with van der Waals surface area (Å²) in [5, 5.41) is 14.7. The number of nitro benzene ring substituents is 1. The Morgan fingerprint density at radius 2 is 1.90 bits per heavy atom. The van der Waals surface area contributed by atoms with E-state index in [-0.39, 0.29) is 28.6 Å². The highest BCUT2D eigenvalue weighted by atomic mass is 32.2. The number of carbonyl (C=O) groups excluding carboxylic acids is 2. The molecule has 0 aliphatic carbocycles. The number of furan rings is 1. The Morgan fingerprint density at radius 3 is 2.61 bits per heavy atom. The number of rotatable bonds is 5. The number of amides is 2. The summed E-state index contributed by atoms with van der Waals surface area (Å²) in [6.07, 6.45) is 1.81. The van der Waals surface area contributed by atoms with Crippen LogP contribution in [0.1, 0.15) is 20.9 Å². The van der Waals surface area contributed by atoms with Crippen molar-refractivity contribution in [1.29, 1.82) is 0 Å². The molecule has 3 aromatic rings. The molecule has 1 aliphatic rings. The predicted molar refractivity (Wildman–Crippen MR) is 116 cm³/mol. The fourth-order valence-electron chi connectivity index (χ4n) is 3.39. The second-order valence-electron chi connectivity index (χ2n) is 6.80. The van der Waals surface area contributed by atoms with Crippen molar-refractivity contribution in [3.8, 4) is 0 Å². The van der Waals surface area contributed by atoms with Gasteiger partial charge in [0.15, 0.2) is 0 Å². The number of benzene rings is 2. The summed E-state index contributed by atoms with van der Waals surface area (Å²) < 4.78 is 11.1. The second-order valence-corrected chi connectivity index (χ2v) is 7.68. The molecule has 1 aliphatic heterocycles. The maximum absolute atomic E-state index is 13.1. The summed E-state index contributed by atoms with van der Waals surface area (Å²) in [6, 6.07) is 11.3. The highest BCUT2D eigenvalue weighted by molar-refractivity contribution is 7.98. The number of anilines is 1. The van der Waals surface area contributed by atoms with Gasteiger partial charge in [0.05, 0.1) is 18.1 Å². The molecular formula is C21H19N3O6S. The molecule has 1 aromatic heterocycles. The number of nitrogens with one attached hydrogen (secondary N) is 1. The molecule has 2 aromatic carbocycles. The number of nitrogens with zero attached hydrogens (tertiary/aromatic N) is 2. The fourth-order valence-corrected chi connectivity index (χ4v) is 3.83. The van der Waals surface area contributed by atoms with Crippen LogP contribution in [0, 0.1) is 10.1 Å². The third-order valence-corrected chi connectivity index (χ3v) is 5.70. The summed E-state index contributed by atoms with van der Waals surface area (Å²) in [5.74, 6) is -1.08. The van der Waals surface area contributed by atoms with E-state index in [2.05, 4.69) is 5.32 Å². The van der Waals surface area contributed by atoms with E-state index >= 15 is 0 Å². The van der Waals surface area contributed by atoms with Crippen molar-refractivity contribution in [2.24, 2.45) is 0 Å². The van der Waals surface area contributed by atoms with Gasteiger partial charge in [-0.3, -0.25) is 19.7 Å². The monoisotopic (exact) mass is 441 g/mol. The summed E-state index contributed by atoms with van der Waals surface area (Å²) >= 11 is 1.36. The van der Waals surface area contributed by atoms with Crippen molar-refractivity contribution in [1.82, 2.24) is 4.90 Å². The first kappa shape index (κ1) is 20.9. The highest BCUT2D eigenvalue weighted by Crippen LogP contribution is 2.33. The largest absolute Gasteiger partial charge is 0.449 e. The lowest BCUT2D eigenvalue weighted by atomic mass is 10.1. The van der Waals surface area contributed by atoms with Gasteiger partial charge in [-0.1, -0.05) is 12.1 Å². The number of carbonyl (C=O) groups is 2. The van der Waals surface area contributed by atoms with Gasteiger partial charge in [-0.15, -0.1) is 11.8 Å². The summed E-state index contributed by atoms with van der Waals surface area (Å²) in [6.45, 7) is 1.65. The molecular weight excluding hydrogens is 422 g/mol. The van der Waals surface area contributed by atoms with Crippen LogP contribution < -0.4 is 5.32 Å². The van der Waals surface area contributed by atoms with Gasteiger partial charge in [-0.25, -0.2) is 0 Å². The van der Waals surface area contributed by atoms with Gasteiger partial charge in [-0.2, -0.15) is 0 Å². The van der Waals surface area contributed by atoms with Gasteiger partial charge in [-0.05, 0) is 30.5 Å². The highest BCUT2D eigenvalue weighted by Gasteiger charge is 2.29. The third-order valence-electron chi connectivity index (χ3n) is 4.97. The molecule has 2 heterocycles. The van der Waals surface area contributed by atoms with Crippen LogP contribution in [0.4, 0.5) is 11.4 Å². The van der Waals surface area contributed by atoms with Crippen LogP contribution in [-0.2, 0) is 4.74 Å². The predicted octanol–water partition coefficient (Wildman–Crippen LogP) is 3.79. The number of hydrogen-bond donors (Lipinski definition) is 1. The molecule has 2 amide bonds. The minimum Gasteiger partial charge on any atom is -0.449 e. The van der Waals surface area contributed by atoms with Gasteiger partial charge < -0.3 is 19.4 Å². The minimum atomic E-state index is -0.690. The lowest BCUT2D eigenvalue weighted by molar-refractivity contribution is -0.385. The van der Waals surface area contributed by atoms with Crippen molar-refractivity contribution in [3.05, 3.63) is 63.9 Å². The maximum atomic E-state index is 13.1. The molecule has 4 rings (SSSR count). The average molecular weight is 441 g/mol. The SMILES string of the molecule is CSc1ccc([N+](=O)[O-])c(C(=O)Nc2c(C(=O)N3CCOCC3)oc3ccccc23)c1. The lowest BCUT2D eigenvalue weighted by Gasteiger charge is -2.26. The zero-order valence-corrected chi connectivity index (χ0v) is 17.4. The number of para-hydroxylation sites is 1. The third kappa shape index (κ3) is 4.12. The maximum Gasteiger partial charge on any atom is 0.291 e. The summed E-state index contributed by atoms with van der Waals surface area (Å²) in [4.78, 5) is 39.3. The first-order valence-corrected chi connectivity index (χ1v) is 10.7. The first-order valence-electron chi connectivity index (χ1n) is 9.52. The molecule has 1 N–H and O–H groups in total. The van der Waals surface area contributed by atoms with E-state index in [0.717, 1.165) is 0 Å². The molecule has 31 heavy (non-hydrogen) atoms. The first-order chi connectivity index (χ1) is 15.0. The molecule has 0 saturated carbocycles. The Balaban J connectivity index is 1.75. The quantitative estimate of drug-likeness (QED) is 0.364. The number of hydrogen-bond acceptors (Lipinski definition) is 7. The number of morpholine rings is 1. The molecule has 1 saturated heterocycles. The van der Waals surface area contributed by atoms with Crippen molar-refractivity contribution >= 4 is 45.9 Å². The molecule has 10 heteroatoms. The van der Waals surface area contributed by atoms with Gasteiger partial charge >= 0.3 is 0 Å². The van der Waals surface area contributed by atoms with Crippen LogP contribution in [0.15, 0.2) is 51.8 Å². The van der Waals surface area contributed by atoms with Gasteiger partial charge in [0.1, 0.15) is 16.8 Å². The molecule has 0 unspecified atom stereocenters. The smallest absolute Gasteiger partial charge is 0.291 e. The summed E-state index contributed by atoms with van der Waals surface area (Å²) in [5.41, 5.74) is 0.221. The topological polar surface area (TPSA) is 115 Å². The van der Waals surface area contributed by atoms with Crippen LogP contribution in [0.3, 0.4) is 0 Å². The Hall–Kier alpha value is -3.37. The fraction of sp³-hybridized carbons (Fsp3) is 0.238. The Bertz CT molecular complexity index is 1170. The normalized spacial score (nSPS) is 13.9. The van der Waals surface area contributed by atoms with E-state index in [4.69, 9.17) is 9.15 Å². The molecule has 0 spiro atoms. The molecule has 9 nitrogen and oxygen atoms in total. The summed E-state index contributed by atoms with van der Waals surface area (Å²) in [7, 11) is 0. The number of thioether (sulfide) groups is 1. The van der Waals surface area contributed by atoms with E-state index in [0.29, 0.717) is 42.2 Å². The van der Waals surface area contributed by atoms with Gasteiger partial charge in [0.2, 0.25) is 5.76 Å². The number of nitro groups is 1. The van der Waals surface area contributed by atoms with Crippen molar-refractivity contribution in [3.63, 3.8) is 0 Å². The van der Waals surface area contributed by atoms with Crippen molar-refractivity contribution in [2.75, 3.05) is 37.9 Å². The van der Waals surface area contributed by atoms with E-state index < -0.39 is 10.8 Å². The zero-order valence-electron chi connectivity index (χ0n) is 16.6. The van der Waals surface area contributed by atoms with Crippen LogP contribution in [0.25, 0.3) is 11.0 Å². The zero-order chi connectivity index (χ0) is 22.0. The van der Waals surface area contributed by atoms with Crippen LogP contribution >= 0.6 is 11.8 Å². The number of fused-ring (bicyclic) bond motifs is 1. The van der Waals surface area contributed by atoms with Crippen LogP contribution in [-0.4, -0.2) is 54.2 Å². The van der Waals surface area contributed by atoms with E-state index in [1.165, 1.54) is 23.9 Å². The van der Waals surface area contributed by atoms with E-state index in [1.807, 2.05) is 6.26 Å². The van der Waals surface area contributed by atoms with Gasteiger partial charge in [0.25, 0.3) is 17.5 Å². The Morgan fingerprint density at radius 1 is 1.16 bits per heavy atom.